The Kier molecular flexibility index (Phi) is 25.3. The molecule has 0 saturated carbocycles. The number of amides is 4. The Hall–Kier alpha value is -2.71. The minimum Gasteiger partial charge on any atom is -0.376 e. The van der Waals surface area contributed by atoms with Crippen LogP contribution in [0.3, 0.4) is 0 Å². The quantitative estimate of drug-likeness (QED) is 0.0329. The first-order chi connectivity index (χ1) is 26.6. The van der Waals surface area contributed by atoms with Gasteiger partial charge in [0.15, 0.2) is 10.8 Å². The molecule has 0 aromatic heterocycles. The summed E-state index contributed by atoms with van der Waals surface area (Å²) in [6.07, 6.45) is 1.19. The molecule has 17 nitrogen and oxygen atoms in total. The molecule has 0 saturated heterocycles. The maximum Gasteiger partial charge on any atom is 0.241 e. The second kappa shape index (κ2) is 26.5. The molecule has 18 heteroatoms. The Bertz CT molecular complexity index is 1250. The third kappa shape index (κ3) is 32.2. The molecule has 4 amide bonds. The standard InChI is InChI=1S/C40H79N7O10S/c1-35(2,3)54-23-18-38(10,11)45-31(49)16-21-53-27-40(47-33(51)25-43-34(58)41-14,26-52-20-15-30(48)44-28-42-29-57-37(7,8)9)56-22-17-32(50)46-39(12,13)19-24-55-36(4,5)6/h42H,15-29H2,1-14H3,(H,44,48)(H,45,49)(H,46,50)(H,47,51)(H2,41,43,58). The fourth-order valence-electron chi connectivity index (χ4n) is 4.72. The molecule has 0 rings (SSSR count). The molecule has 0 radical (unpaired) electrons. The number of rotatable bonds is 29. The maximum absolute atomic E-state index is 13.3. The minimum absolute atomic E-state index is 0.0108. The summed E-state index contributed by atoms with van der Waals surface area (Å²) < 4.78 is 35.4. The highest BCUT2D eigenvalue weighted by molar-refractivity contribution is 7.80. The first-order valence-electron chi connectivity index (χ1n) is 20.1. The molecule has 340 valence electrons. The van der Waals surface area contributed by atoms with E-state index < -0.39 is 22.7 Å². The fourth-order valence-corrected chi connectivity index (χ4v) is 4.79. The van der Waals surface area contributed by atoms with Crippen LogP contribution < -0.4 is 37.2 Å². The monoisotopic (exact) mass is 850 g/mol. The normalized spacial score (nSPS) is 13.6. The first-order valence-corrected chi connectivity index (χ1v) is 20.5. The minimum atomic E-state index is -1.61. The van der Waals surface area contributed by atoms with Gasteiger partial charge in [-0.15, -0.1) is 0 Å². The van der Waals surface area contributed by atoms with Gasteiger partial charge in [0.25, 0.3) is 0 Å². The number of hydrogen-bond acceptors (Lipinski definition) is 12. The van der Waals surface area contributed by atoms with Gasteiger partial charge >= 0.3 is 0 Å². The van der Waals surface area contributed by atoms with Crippen molar-refractivity contribution in [2.24, 2.45) is 0 Å². The summed E-state index contributed by atoms with van der Waals surface area (Å²) in [5.74, 6) is -1.28. The first kappa shape index (κ1) is 55.3. The van der Waals surface area contributed by atoms with Crippen LogP contribution in [0.15, 0.2) is 0 Å². The molecule has 58 heavy (non-hydrogen) atoms. The second-order valence-electron chi connectivity index (χ2n) is 18.4. The number of thiocarbonyl (C=S) groups is 1. The Morgan fingerprint density at radius 2 is 0.966 bits per heavy atom. The van der Waals surface area contributed by atoms with Crippen LogP contribution in [-0.2, 0) is 47.6 Å². The van der Waals surface area contributed by atoms with Crippen molar-refractivity contribution in [3.8, 4) is 0 Å². The molecule has 0 spiro atoms. The largest absolute Gasteiger partial charge is 0.376 e. The van der Waals surface area contributed by atoms with Gasteiger partial charge < -0.3 is 60.3 Å². The van der Waals surface area contributed by atoms with E-state index in [4.69, 9.17) is 40.6 Å². The van der Waals surface area contributed by atoms with Gasteiger partial charge in [-0.1, -0.05) is 0 Å². The van der Waals surface area contributed by atoms with Crippen molar-refractivity contribution in [2.45, 2.75) is 156 Å². The zero-order chi connectivity index (χ0) is 44.7. The van der Waals surface area contributed by atoms with Crippen LogP contribution in [0.5, 0.6) is 0 Å². The summed E-state index contributed by atoms with van der Waals surface area (Å²) in [5.41, 5.74) is -3.59. The lowest BCUT2D eigenvalue weighted by molar-refractivity contribution is -0.167. The van der Waals surface area contributed by atoms with Gasteiger partial charge in [-0.2, -0.15) is 0 Å². The number of carbonyl (C=O) groups excluding carboxylic acids is 4. The van der Waals surface area contributed by atoms with Gasteiger partial charge in [-0.05, 0) is 115 Å². The van der Waals surface area contributed by atoms with Crippen LogP contribution in [0.2, 0.25) is 0 Å². The smallest absolute Gasteiger partial charge is 0.241 e. The molecule has 0 aliphatic rings. The molecule has 0 aliphatic heterocycles. The summed E-state index contributed by atoms with van der Waals surface area (Å²) >= 11 is 5.13. The molecule has 7 N–H and O–H groups in total. The average molecular weight is 850 g/mol. The van der Waals surface area contributed by atoms with Crippen molar-refractivity contribution in [3.63, 3.8) is 0 Å². The number of hydrogen-bond donors (Lipinski definition) is 7. The summed E-state index contributed by atoms with van der Waals surface area (Å²) in [6.45, 7) is 25.9. The molecule has 0 fully saturated rings. The van der Waals surface area contributed by atoms with Crippen LogP contribution in [0.1, 0.15) is 122 Å². The van der Waals surface area contributed by atoms with Gasteiger partial charge in [0.1, 0.15) is 0 Å². The lowest BCUT2D eigenvalue weighted by Gasteiger charge is -2.35. The Balaban J connectivity index is 5.80. The van der Waals surface area contributed by atoms with E-state index in [-0.39, 0.29) is 112 Å². The maximum atomic E-state index is 13.3. The predicted octanol–water partition coefficient (Wildman–Crippen LogP) is 2.75. The van der Waals surface area contributed by atoms with Gasteiger partial charge in [0, 0.05) is 44.2 Å². The molecular formula is C40H79N7O10S. The van der Waals surface area contributed by atoms with E-state index in [0.29, 0.717) is 26.1 Å². The van der Waals surface area contributed by atoms with E-state index in [9.17, 15) is 19.2 Å². The van der Waals surface area contributed by atoms with Crippen molar-refractivity contribution in [1.82, 2.24) is 37.2 Å². The summed E-state index contributed by atoms with van der Waals surface area (Å²) in [7, 11) is 1.62. The molecule has 1 unspecified atom stereocenters. The zero-order valence-corrected chi connectivity index (χ0v) is 38.9. The van der Waals surface area contributed by atoms with Crippen molar-refractivity contribution in [2.75, 3.05) is 73.2 Å². The number of carbonyl (C=O) groups is 4. The highest BCUT2D eigenvalue weighted by Crippen LogP contribution is 2.16. The van der Waals surface area contributed by atoms with E-state index in [2.05, 4.69) is 37.2 Å². The van der Waals surface area contributed by atoms with E-state index >= 15 is 0 Å². The van der Waals surface area contributed by atoms with E-state index in [1.807, 2.05) is 90.0 Å². The topological polar surface area (TPSA) is 208 Å². The van der Waals surface area contributed by atoms with Gasteiger partial charge in [-0.3, -0.25) is 24.5 Å². The van der Waals surface area contributed by atoms with Crippen LogP contribution in [0.25, 0.3) is 0 Å². The van der Waals surface area contributed by atoms with Crippen molar-refractivity contribution < 1.29 is 47.6 Å². The summed E-state index contributed by atoms with van der Waals surface area (Å²) in [5, 5.41) is 20.4. The van der Waals surface area contributed by atoms with Crippen molar-refractivity contribution in [3.05, 3.63) is 0 Å². The third-order valence-electron chi connectivity index (χ3n) is 7.83. The lowest BCUT2D eigenvalue weighted by Crippen LogP contribution is -2.59. The molecule has 0 aliphatic carbocycles. The fraction of sp³-hybridized carbons (Fsp3) is 0.875. The molecule has 0 aromatic carbocycles. The van der Waals surface area contributed by atoms with E-state index in [1.54, 1.807) is 7.05 Å². The second-order valence-corrected chi connectivity index (χ2v) is 18.8. The van der Waals surface area contributed by atoms with Crippen molar-refractivity contribution in [1.29, 1.82) is 0 Å². The van der Waals surface area contributed by atoms with Crippen LogP contribution in [-0.4, -0.2) is 136 Å². The SMILES string of the molecule is CNC(=S)NCC(=O)NC(COCCC(=O)NCNCOC(C)(C)C)(COCCC(=O)NC(C)(C)CCOC(C)(C)C)OCCC(=O)NC(C)(C)CCOC(C)(C)C. The van der Waals surface area contributed by atoms with Crippen molar-refractivity contribution >= 4 is 41.0 Å². The molecule has 0 aromatic rings. The van der Waals surface area contributed by atoms with E-state index in [0.717, 1.165) is 0 Å². The zero-order valence-electron chi connectivity index (χ0n) is 38.1. The highest BCUT2D eigenvalue weighted by Gasteiger charge is 2.35. The molecule has 0 heterocycles. The molecule has 1 atom stereocenters. The Labute approximate surface area is 354 Å². The van der Waals surface area contributed by atoms with Crippen LogP contribution >= 0.6 is 12.2 Å². The summed E-state index contributed by atoms with van der Waals surface area (Å²) in [4.78, 5) is 51.8. The van der Waals surface area contributed by atoms with Crippen LogP contribution in [0.4, 0.5) is 0 Å². The highest BCUT2D eigenvalue weighted by atomic mass is 32.1. The average Bonchev–Trinajstić information content (AvgIpc) is 3.05. The Morgan fingerprint density at radius 3 is 1.41 bits per heavy atom. The van der Waals surface area contributed by atoms with Crippen LogP contribution in [0, 0.1) is 0 Å². The molecule has 0 bridgehead atoms. The summed E-state index contributed by atoms with van der Waals surface area (Å²) in [6, 6.07) is 0. The van der Waals surface area contributed by atoms with E-state index in [1.165, 1.54) is 0 Å². The van der Waals surface area contributed by atoms with Gasteiger partial charge in [0.2, 0.25) is 23.6 Å². The lowest BCUT2D eigenvalue weighted by atomic mass is 10.0. The third-order valence-corrected chi connectivity index (χ3v) is 8.17. The van der Waals surface area contributed by atoms with Gasteiger partial charge in [0.05, 0.1) is 76.2 Å². The molecular weight excluding hydrogens is 771 g/mol. The Morgan fingerprint density at radius 1 is 0.517 bits per heavy atom. The number of nitrogens with one attached hydrogen (secondary N) is 7. The number of ether oxygens (including phenoxy) is 6. The predicted molar refractivity (Wildman–Crippen MR) is 229 cm³/mol. The van der Waals surface area contributed by atoms with Gasteiger partial charge in [-0.25, -0.2) is 0 Å².